The van der Waals surface area contributed by atoms with Crippen molar-refractivity contribution in [2.24, 2.45) is 0 Å². The Kier molecular flexibility index (Phi) is 3.20. The van der Waals surface area contributed by atoms with Gasteiger partial charge < -0.3 is 5.32 Å². The lowest BCUT2D eigenvalue weighted by Crippen LogP contribution is -2.07. The maximum Gasteiger partial charge on any atom is 0.221 e. The van der Waals surface area contributed by atoms with Gasteiger partial charge in [-0.05, 0) is 28.1 Å². The molecule has 5 heteroatoms. The van der Waals surface area contributed by atoms with Gasteiger partial charge >= 0.3 is 0 Å². The molecule has 0 spiro atoms. The lowest BCUT2D eigenvalue weighted by molar-refractivity contribution is -0.114. The Balaban J connectivity index is 3.23. The predicted octanol–water partition coefficient (Wildman–Crippen LogP) is 2.42. The Morgan fingerprint density at radius 2 is 2.29 bits per heavy atom. The van der Waals surface area contributed by atoms with Gasteiger partial charge in [0, 0.05) is 6.92 Å². The van der Waals surface area contributed by atoms with Crippen molar-refractivity contribution in [1.82, 2.24) is 0 Å². The van der Waals surface area contributed by atoms with Gasteiger partial charge in [0.15, 0.2) is 0 Å². The van der Waals surface area contributed by atoms with Crippen molar-refractivity contribution in [3.63, 3.8) is 0 Å². The molecule has 0 saturated heterocycles. The highest BCUT2D eigenvalue weighted by atomic mass is 79.9. The van der Waals surface area contributed by atoms with Crippen molar-refractivity contribution >= 4 is 27.5 Å². The van der Waals surface area contributed by atoms with E-state index in [1.165, 1.54) is 13.0 Å². The number of rotatable bonds is 1. The number of amides is 1. The molecular formula is C9H6BrFN2O. The number of hydrogen-bond acceptors (Lipinski definition) is 2. The molecular weight excluding hydrogens is 251 g/mol. The smallest absolute Gasteiger partial charge is 0.221 e. The molecule has 0 saturated carbocycles. The van der Waals surface area contributed by atoms with Crippen LogP contribution < -0.4 is 5.32 Å². The fourth-order valence-electron chi connectivity index (χ4n) is 0.941. The molecule has 0 radical (unpaired) electrons. The SMILES string of the molecule is CC(=O)Nc1ccc(F)c(C#N)c1Br. The summed E-state index contributed by atoms with van der Waals surface area (Å²) in [5.74, 6) is -0.894. The molecule has 0 heterocycles. The van der Waals surface area contributed by atoms with Crippen LogP contribution in [0.4, 0.5) is 10.1 Å². The minimum absolute atomic E-state index is 0.115. The summed E-state index contributed by atoms with van der Waals surface area (Å²) >= 11 is 3.04. The van der Waals surface area contributed by atoms with E-state index in [1.807, 2.05) is 0 Å². The second-order valence-electron chi connectivity index (χ2n) is 2.58. The first-order chi connectivity index (χ1) is 6.56. The lowest BCUT2D eigenvalue weighted by atomic mass is 10.2. The fourth-order valence-corrected chi connectivity index (χ4v) is 1.45. The number of anilines is 1. The van der Waals surface area contributed by atoms with Crippen LogP contribution in [0.15, 0.2) is 16.6 Å². The molecule has 0 aliphatic carbocycles. The number of nitrogens with zero attached hydrogens (tertiary/aromatic N) is 1. The van der Waals surface area contributed by atoms with Gasteiger partial charge in [-0.25, -0.2) is 4.39 Å². The van der Waals surface area contributed by atoms with Gasteiger partial charge in [-0.3, -0.25) is 4.79 Å². The molecule has 14 heavy (non-hydrogen) atoms. The largest absolute Gasteiger partial charge is 0.325 e. The van der Waals surface area contributed by atoms with E-state index in [9.17, 15) is 9.18 Å². The first-order valence-corrected chi connectivity index (χ1v) is 4.51. The fraction of sp³-hybridized carbons (Fsp3) is 0.111. The summed E-state index contributed by atoms with van der Waals surface area (Å²) in [6.45, 7) is 1.34. The van der Waals surface area contributed by atoms with Gasteiger partial charge in [0.1, 0.15) is 17.4 Å². The number of nitriles is 1. The molecule has 1 aromatic carbocycles. The van der Waals surface area contributed by atoms with Crippen molar-refractivity contribution in [2.75, 3.05) is 5.32 Å². The summed E-state index contributed by atoms with van der Waals surface area (Å²) in [5.41, 5.74) is 0.270. The van der Waals surface area contributed by atoms with E-state index in [-0.39, 0.29) is 15.9 Å². The second-order valence-corrected chi connectivity index (χ2v) is 3.37. The summed E-state index contributed by atoms with van der Waals surface area (Å²) in [7, 11) is 0. The summed E-state index contributed by atoms with van der Waals surface area (Å²) in [5, 5.41) is 11.1. The molecule has 1 N–H and O–H groups in total. The van der Waals surface area contributed by atoms with Gasteiger partial charge in [0.05, 0.1) is 10.2 Å². The molecule has 0 fully saturated rings. The third kappa shape index (κ3) is 2.09. The van der Waals surface area contributed by atoms with Gasteiger partial charge in [0.2, 0.25) is 5.91 Å². The van der Waals surface area contributed by atoms with Gasteiger partial charge in [-0.1, -0.05) is 0 Å². The van der Waals surface area contributed by atoms with Gasteiger partial charge in [-0.15, -0.1) is 0 Å². The molecule has 1 rings (SSSR count). The maximum absolute atomic E-state index is 13.0. The number of benzene rings is 1. The zero-order valence-electron chi connectivity index (χ0n) is 7.27. The third-order valence-electron chi connectivity index (χ3n) is 1.51. The average molecular weight is 257 g/mol. The minimum atomic E-state index is -0.617. The summed E-state index contributed by atoms with van der Waals surface area (Å²) < 4.78 is 13.3. The Labute approximate surface area is 88.7 Å². The third-order valence-corrected chi connectivity index (χ3v) is 2.34. The molecule has 0 unspecified atom stereocenters. The highest BCUT2D eigenvalue weighted by Crippen LogP contribution is 2.27. The van der Waals surface area contributed by atoms with Gasteiger partial charge in [-0.2, -0.15) is 5.26 Å². The quantitative estimate of drug-likeness (QED) is 0.839. The molecule has 1 amide bonds. The first kappa shape index (κ1) is 10.7. The van der Waals surface area contributed by atoms with Crippen LogP contribution in [-0.2, 0) is 4.79 Å². The topological polar surface area (TPSA) is 52.9 Å². The van der Waals surface area contributed by atoms with Crippen molar-refractivity contribution in [3.05, 3.63) is 28.0 Å². The number of carbonyl (C=O) groups is 1. The number of hydrogen-bond donors (Lipinski definition) is 1. The molecule has 0 bridgehead atoms. The minimum Gasteiger partial charge on any atom is -0.325 e. The first-order valence-electron chi connectivity index (χ1n) is 3.72. The number of halogens is 2. The van der Waals surface area contributed by atoms with Gasteiger partial charge in [0.25, 0.3) is 0 Å². The Morgan fingerprint density at radius 1 is 1.64 bits per heavy atom. The molecule has 0 aliphatic heterocycles. The summed E-state index contributed by atoms with van der Waals surface area (Å²) in [4.78, 5) is 10.7. The highest BCUT2D eigenvalue weighted by Gasteiger charge is 2.11. The van der Waals surface area contributed by atoms with Crippen molar-refractivity contribution in [3.8, 4) is 6.07 Å². The van der Waals surface area contributed by atoms with Crippen LogP contribution in [0.5, 0.6) is 0 Å². The maximum atomic E-state index is 13.0. The predicted molar refractivity (Wildman–Crippen MR) is 53.1 cm³/mol. The highest BCUT2D eigenvalue weighted by molar-refractivity contribution is 9.10. The van der Waals surface area contributed by atoms with Crippen LogP contribution in [0.3, 0.4) is 0 Å². The van der Waals surface area contributed by atoms with Crippen LogP contribution in [0, 0.1) is 17.1 Å². The van der Waals surface area contributed by atoms with E-state index < -0.39 is 5.82 Å². The van der Waals surface area contributed by atoms with Crippen LogP contribution in [0.1, 0.15) is 12.5 Å². The number of nitrogens with one attached hydrogen (secondary N) is 1. The van der Waals surface area contributed by atoms with E-state index >= 15 is 0 Å². The van der Waals surface area contributed by atoms with E-state index in [0.29, 0.717) is 5.69 Å². The lowest BCUT2D eigenvalue weighted by Gasteiger charge is -2.06. The normalized spacial score (nSPS) is 9.29. The van der Waals surface area contributed by atoms with Crippen LogP contribution in [0.2, 0.25) is 0 Å². The molecule has 1 aromatic rings. The molecule has 72 valence electrons. The summed E-state index contributed by atoms with van der Waals surface area (Å²) in [6, 6.07) is 4.23. The van der Waals surface area contributed by atoms with E-state index in [1.54, 1.807) is 6.07 Å². The monoisotopic (exact) mass is 256 g/mol. The Hall–Kier alpha value is -1.41. The van der Waals surface area contributed by atoms with E-state index in [4.69, 9.17) is 5.26 Å². The second kappa shape index (κ2) is 4.20. The molecule has 0 aromatic heterocycles. The Morgan fingerprint density at radius 3 is 2.79 bits per heavy atom. The van der Waals surface area contributed by atoms with Crippen LogP contribution in [0.25, 0.3) is 0 Å². The molecule has 0 aliphatic rings. The Bertz CT molecular complexity index is 426. The van der Waals surface area contributed by atoms with Crippen molar-refractivity contribution in [1.29, 1.82) is 5.26 Å². The van der Waals surface area contributed by atoms with E-state index in [2.05, 4.69) is 21.2 Å². The van der Waals surface area contributed by atoms with Crippen molar-refractivity contribution < 1.29 is 9.18 Å². The standard InChI is InChI=1S/C9H6BrFN2O/c1-5(14)13-8-3-2-7(11)6(4-12)9(8)10/h2-3H,1H3,(H,13,14). The zero-order chi connectivity index (χ0) is 10.7. The van der Waals surface area contributed by atoms with E-state index in [0.717, 1.165) is 6.07 Å². The average Bonchev–Trinajstić information content (AvgIpc) is 2.10. The van der Waals surface area contributed by atoms with Crippen LogP contribution in [-0.4, -0.2) is 5.91 Å². The molecule has 3 nitrogen and oxygen atoms in total. The number of carbonyl (C=O) groups excluding carboxylic acids is 1. The molecule has 0 atom stereocenters. The summed E-state index contributed by atoms with van der Waals surface area (Å²) in [6.07, 6.45) is 0. The van der Waals surface area contributed by atoms with Crippen molar-refractivity contribution in [2.45, 2.75) is 6.92 Å². The van der Waals surface area contributed by atoms with Crippen LogP contribution >= 0.6 is 15.9 Å². The zero-order valence-corrected chi connectivity index (χ0v) is 8.85.